The van der Waals surface area contributed by atoms with E-state index in [-0.39, 0.29) is 47.3 Å². The monoisotopic (exact) mass is 696 g/mol. The fraction of sp³-hybridized carbons (Fsp3) is 0.625. The molecule has 3 fully saturated rings. The van der Waals surface area contributed by atoms with Gasteiger partial charge in [-0.1, -0.05) is 20.8 Å². The number of pyridine rings is 2. The summed E-state index contributed by atoms with van der Waals surface area (Å²) in [7, 11) is -1.88. The Kier molecular flexibility index (Phi) is 17.2. The maximum atomic E-state index is 12.0. The van der Waals surface area contributed by atoms with Crippen LogP contribution in [0.2, 0.25) is 18.1 Å². The van der Waals surface area contributed by atoms with Gasteiger partial charge in [0.1, 0.15) is 23.1 Å². The minimum atomic E-state index is -1.88. The third kappa shape index (κ3) is 15.5. The molecule has 5 N–H and O–H groups in total. The number of hydrogen-bond donors (Lipinski definition) is 5. The average molecular weight is 697 g/mol. The van der Waals surface area contributed by atoms with Crippen molar-refractivity contribution in [2.75, 3.05) is 50.3 Å². The number of anilines is 2. The van der Waals surface area contributed by atoms with Crippen LogP contribution in [0, 0.1) is 0 Å². The van der Waals surface area contributed by atoms with E-state index in [1.807, 2.05) is 6.07 Å². The number of hydrogen-bond acceptors (Lipinski definition) is 9. The summed E-state index contributed by atoms with van der Waals surface area (Å²) in [6.45, 7) is 15.7. The summed E-state index contributed by atoms with van der Waals surface area (Å²) < 4.78 is 21.6. The molecule has 0 aliphatic carbocycles. The molecule has 264 valence electrons. The van der Waals surface area contributed by atoms with E-state index < -0.39 is 8.32 Å². The summed E-state index contributed by atoms with van der Waals surface area (Å²) >= 11 is 0. The van der Waals surface area contributed by atoms with Crippen molar-refractivity contribution in [1.29, 1.82) is 0 Å². The summed E-state index contributed by atoms with van der Waals surface area (Å²) in [5.41, 5.74) is 0. The smallest absolute Gasteiger partial charge is 0.320 e. The zero-order valence-corrected chi connectivity index (χ0v) is 30.1. The van der Waals surface area contributed by atoms with Crippen molar-refractivity contribution >= 4 is 44.4 Å². The highest BCUT2D eigenvalue weighted by molar-refractivity contribution is 6.74. The van der Waals surface area contributed by atoms with E-state index in [1.54, 1.807) is 18.3 Å². The van der Waals surface area contributed by atoms with Crippen molar-refractivity contribution in [1.82, 2.24) is 20.6 Å². The molecule has 0 atom stereocenters. The lowest BCUT2D eigenvalue weighted by atomic mass is 10.1. The number of aromatic nitrogens is 2. The molecule has 3 saturated heterocycles. The van der Waals surface area contributed by atoms with Gasteiger partial charge in [0.05, 0.1) is 12.4 Å². The van der Waals surface area contributed by atoms with Gasteiger partial charge < -0.3 is 34.4 Å². The molecule has 2 aromatic heterocycles. The van der Waals surface area contributed by atoms with Gasteiger partial charge in [0, 0.05) is 51.7 Å². The number of nitrogens with one attached hydrogen (secondary N) is 4. The van der Waals surface area contributed by atoms with Gasteiger partial charge in [0.25, 0.3) is 8.32 Å². The maximum absolute atomic E-state index is 12.0. The van der Waals surface area contributed by atoms with Gasteiger partial charge in [-0.25, -0.2) is 19.6 Å². The molecule has 47 heavy (non-hydrogen) atoms. The molecule has 0 unspecified atom stereocenters. The topological polar surface area (TPSA) is 165 Å². The number of aromatic hydroxyl groups is 1. The van der Waals surface area contributed by atoms with E-state index >= 15 is 0 Å². The van der Waals surface area contributed by atoms with E-state index in [2.05, 4.69) is 65.1 Å². The van der Waals surface area contributed by atoms with Crippen LogP contribution in [0.25, 0.3) is 0 Å². The molecule has 4 amide bonds. The number of carbonyl (C=O) groups excluding carboxylic acids is 2. The van der Waals surface area contributed by atoms with Gasteiger partial charge in [-0.05, 0) is 80.9 Å². The molecule has 5 rings (SSSR count). The number of urea groups is 2. The number of amides is 4. The fourth-order valence-corrected chi connectivity index (χ4v) is 5.31. The lowest BCUT2D eigenvalue weighted by Crippen LogP contribution is -2.43. The van der Waals surface area contributed by atoms with Crippen LogP contribution in [-0.2, 0) is 14.2 Å². The maximum Gasteiger partial charge on any atom is 0.320 e. The number of nitrogens with zero attached hydrogens (tertiary/aromatic N) is 2. The number of halogens is 1. The lowest BCUT2D eigenvalue weighted by molar-refractivity contribution is 0.0804. The highest BCUT2D eigenvalue weighted by atomic mass is 35.5. The first-order valence-electron chi connectivity index (χ1n) is 16.1. The third-order valence-corrected chi connectivity index (χ3v) is 12.4. The zero-order chi connectivity index (χ0) is 33.4. The zero-order valence-electron chi connectivity index (χ0n) is 28.3. The van der Waals surface area contributed by atoms with Crippen molar-refractivity contribution in [3.8, 4) is 11.5 Å². The Morgan fingerprint density at radius 1 is 0.766 bits per heavy atom. The minimum absolute atomic E-state index is 0. The number of ether oxygens (including phenoxy) is 3. The van der Waals surface area contributed by atoms with Crippen LogP contribution < -0.4 is 25.7 Å². The summed E-state index contributed by atoms with van der Waals surface area (Å²) in [5.74, 6) is 1.74. The first kappa shape index (κ1) is 40.0. The largest absolute Gasteiger partial charge is 0.542 e. The van der Waals surface area contributed by atoms with Gasteiger partial charge >= 0.3 is 12.1 Å². The van der Waals surface area contributed by atoms with Gasteiger partial charge in [-0.2, -0.15) is 0 Å². The molecule has 13 nitrogen and oxygen atoms in total. The van der Waals surface area contributed by atoms with Crippen LogP contribution in [0.5, 0.6) is 11.5 Å². The Bertz CT molecular complexity index is 1180. The van der Waals surface area contributed by atoms with Crippen LogP contribution in [-0.4, -0.2) is 87.2 Å². The summed E-state index contributed by atoms with van der Waals surface area (Å²) in [6.07, 6.45) is 8.86. The molecule has 5 heterocycles. The minimum Gasteiger partial charge on any atom is -0.542 e. The molecule has 0 saturated carbocycles. The number of carbonyl (C=O) groups is 2. The average Bonchev–Trinajstić information content (AvgIpc) is 3.61. The number of rotatable bonds is 6. The standard InChI is InChI=1S/C17H29N3O3Si.C11H15N3O3.C4H8O.ClH/c1-17(2,3)24(4,5)23-14-6-7-15(18-12-14)20-16(21)19-13-8-10-22-11-9-13;15-9-1-2-10(12-7-9)14-11(16)13-8-3-5-17-6-4-8;1-2-4-5-3-1;/h6-7,12-13H,8-11H2,1-5H3,(H2,18,19,20,21);1-2,7-8,15H,3-6H2,(H2,12,13,14,16);1-4H2;1H. The molecule has 0 radical (unpaired) electrons. The van der Waals surface area contributed by atoms with Crippen LogP contribution in [0.15, 0.2) is 36.7 Å². The van der Waals surface area contributed by atoms with E-state index in [4.69, 9.17) is 23.7 Å². The van der Waals surface area contributed by atoms with Crippen LogP contribution in [0.1, 0.15) is 59.3 Å². The van der Waals surface area contributed by atoms with Gasteiger partial charge in [0.15, 0.2) is 0 Å². The Hall–Kier alpha value is -3.17. The Morgan fingerprint density at radius 3 is 1.57 bits per heavy atom. The van der Waals surface area contributed by atoms with Crippen LogP contribution in [0.4, 0.5) is 21.2 Å². The lowest BCUT2D eigenvalue weighted by Gasteiger charge is -2.36. The molecule has 15 heteroatoms. The second-order valence-electron chi connectivity index (χ2n) is 12.9. The normalized spacial score (nSPS) is 17.0. The van der Waals surface area contributed by atoms with Crippen molar-refractivity contribution in [3.63, 3.8) is 0 Å². The van der Waals surface area contributed by atoms with Gasteiger partial charge in [0.2, 0.25) is 0 Å². The Labute approximate surface area is 285 Å². The highest BCUT2D eigenvalue weighted by Gasteiger charge is 2.39. The van der Waals surface area contributed by atoms with Gasteiger partial charge in [-0.15, -0.1) is 12.4 Å². The van der Waals surface area contributed by atoms with E-state index in [0.29, 0.717) is 38.1 Å². The van der Waals surface area contributed by atoms with Crippen molar-refractivity contribution in [3.05, 3.63) is 36.7 Å². The van der Waals surface area contributed by atoms with Crippen LogP contribution in [0.3, 0.4) is 0 Å². The van der Waals surface area contributed by atoms with Crippen LogP contribution >= 0.6 is 12.4 Å². The van der Waals surface area contributed by atoms with Crippen molar-refractivity contribution in [2.45, 2.75) is 89.5 Å². The molecule has 0 spiro atoms. The first-order valence-corrected chi connectivity index (χ1v) is 19.0. The molecule has 0 aromatic carbocycles. The molecular formula is C32H53ClN6O7Si. The van der Waals surface area contributed by atoms with E-state index in [0.717, 1.165) is 44.6 Å². The molecule has 0 bridgehead atoms. The second kappa shape index (κ2) is 20.3. The van der Waals surface area contributed by atoms with E-state index in [1.165, 1.54) is 25.1 Å². The predicted octanol–water partition coefficient (Wildman–Crippen LogP) is 6.07. The van der Waals surface area contributed by atoms with E-state index in [9.17, 15) is 9.59 Å². The van der Waals surface area contributed by atoms with Gasteiger partial charge in [-0.3, -0.25) is 10.6 Å². The quantitative estimate of drug-likeness (QED) is 0.225. The Morgan fingerprint density at radius 2 is 1.21 bits per heavy atom. The SMILES string of the molecule is C1CCOC1.CC(C)(C)[Si](C)(C)Oc1ccc(NC(=O)NC2CCOCC2)nc1.Cl.O=C(Nc1ccc(O)cn1)NC1CCOCC1. The predicted molar refractivity (Wildman–Crippen MR) is 187 cm³/mol. The third-order valence-electron chi connectivity index (χ3n) is 8.09. The molecular weight excluding hydrogens is 644 g/mol. The Balaban J connectivity index is 0.000000289. The fourth-order valence-electron chi connectivity index (χ4n) is 4.29. The molecule has 2 aromatic rings. The molecule has 3 aliphatic heterocycles. The van der Waals surface area contributed by atoms with Crippen molar-refractivity contribution < 1.29 is 33.3 Å². The summed E-state index contributed by atoms with van der Waals surface area (Å²) in [6, 6.07) is 6.45. The van der Waals surface area contributed by atoms with Crippen molar-refractivity contribution in [2.24, 2.45) is 0 Å². The summed E-state index contributed by atoms with van der Waals surface area (Å²) in [5, 5.41) is 20.3. The second-order valence-corrected chi connectivity index (χ2v) is 17.7. The molecule has 3 aliphatic rings. The summed E-state index contributed by atoms with van der Waals surface area (Å²) in [4.78, 5) is 31.7. The highest BCUT2D eigenvalue weighted by Crippen LogP contribution is 2.37. The first-order chi connectivity index (χ1) is 21.9.